The molecule has 32 heavy (non-hydrogen) atoms. The van der Waals surface area contributed by atoms with Crippen molar-refractivity contribution in [3.63, 3.8) is 0 Å². The molecule has 176 valence electrons. The van der Waals surface area contributed by atoms with Crippen LogP contribution in [0.5, 0.6) is 0 Å². The molecule has 1 amide bonds. The van der Waals surface area contributed by atoms with Gasteiger partial charge in [0.05, 0.1) is 24.5 Å². The van der Waals surface area contributed by atoms with Crippen LogP contribution >= 0.6 is 11.3 Å². The molecule has 0 unspecified atom stereocenters. The minimum Gasteiger partial charge on any atom is -0.379 e. The molecule has 0 radical (unpaired) electrons. The van der Waals surface area contributed by atoms with Gasteiger partial charge in [0.2, 0.25) is 15.9 Å². The zero-order valence-corrected chi connectivity index (χ0v) is 20.4. The number of benzene rings is 1. The Morgan fingerprint density at radius 1 is 1.09 bits per heavy atom. The number of morpholine rings is 1. The Morgan fingerprint density at radius 2 is 1.78 bits per heavy atom. The van der Waals surface area contributed by atoms with E-state index in [0.29, 0.717) is 50.0 Å². The van der Waals surface area contributed by atoms with Crippen molar-refractivity contribution in [2.75, 3.05) is 44.7 Å². The molecule has 1 aliphatic heterocycles. The molecule has 1 N–H and O–H groups in total. The summed E-state index contributed by atoms with van der Waals surface area (Å²) in [6.07, 6.45) is -0.0175. The SMILES string of the molecule is CCN(CC)S(=O)(=O)c1cccc(NC(=O)Cc2ccc(S(=O)(=O)N3CCOCC3)s2)c1. The summed E-state index contributed by atoms with van der Waals surface area (Å²) in [7, 11) is -7.24. The van der Waals surface area contributed by atoms with Gasteiger partial charge in [0.15, 0.2) is 0 Å². The predicted molar refractivity (Wildman–Crippen MR) is 123 cm³/mol. The van der Waals surface area contributed by atoms with E-state index in [-0.39, 0.29) is 21.4 Å². The van der Waals surface area contributed by atoms with Crippen molar-refractivity contribution in [2.45, 2.75) is 29.4 Å². The molecular weight excluding hydrogens is 474 g/mol. The van der Waals surface area contributed by atoms with Gasteiger partial charge < -0.3 is 10.1 Å². The first kappa shape index (κ1) is 24.8. The maximum atomic E-state index is 12.7. The van der Waals surface area contributed by atoms with Crippen LogP contribution in [0.1, 0.15) is 18.7 Å². The maximum Gasteiger partial charge on any atom is 0.252 e. The molecule has 9 nitrogen and oxygen atoms in total. The molecule has 12 heteroatoms. The first-order valence-electron chi connectivity index (χ1n) is 10.2. The van der Waals surface area contributed by atoms with Gasteiger partial charge in [0.25, 0.3) is 10.0 Å². The Bertz CT molecular complexity index is 1150. The zero-order valence-electron chi connectivity index (χ0n) is 18.0. The molecular formula is C20H27N3O6S3. The van der Waals surface area contributed by atoms with Crippen LogP contribution in [-0.4, -0.2) is 70.7 Å². The number of carbonyl (C=O) groups is 1. The van der Waals surface area contributed by atoms with Gasteiger partial charge in [-0.3, -0.25) is 4.79 Å². The summed E-state index contributed by atoms with van der Waals surface area (Å²) in [6, 6.07) is 9.24. The van der Waals surface area contributed by atoms with Gasteiger partial charge in [0.1, 0.15) is 4.21 Å². The lowest BCUT2D eigenvalue weighted by atomic mass is 10.3. The third-order valence-corrected chi connectivity index (χ3v) is 10.5. The predicted octanol–water partition coefficient (Wildman–Crippen LogP) is 1.98. The summed E-state index contributed by atoms with van der Waals surface area (Å²) in [5, 5.41) is 2.70. The average molecular weight is 502 g/mol. The summed E-state index contributed by atoms with van der Waals surface area (Å²) in [6.45, 7) is 5.58. The minimum absolute atomic E-state index is 0.0175. The number of rotatable bonds is 9. The summed E-state index contributed by atoms with van der Waals surface area (Å²) < 4.78 is 59.0. The monoisotopic (exact) mass is 501 g/mol. The number of carbonyl (C=O) groups excluding carboxylic acids is 1. The van der Waals surface area contributed by atoms with Crippen LogP contribution in [0.4, 0.5) is 5.69 Å². The number of hydrogen-bond acceptors (Lipinski definition) is 7. The molecule has 1 saturated heterocycles. The lowest BCUT2D eigenvalue weighted by Crippen LogP contribution is -2.40. The molecule has 1 aromatic carbocycles. The average Bonchev–Trinajstić information content (AvgIpc) is 3.24. The van der Waals surface area contributed by atoms with Crippen molar-refractivity contribution in [3.8, 4) is 0 Å². The highest BCUT2D eigenvalue weighted by Gasteiger charge is 2.28. The number of nitrogens with one attached hydrogen (secondary N) is 1. The Labute approximate surface area is 193 Å². The van der Waals surface area contributed by atoms with E-state index < -0.39 is 20.0 Å². The molecule has 2 aromatic rings. The number of sulfonamides is 2. The van der Waals surface area contributed by atoms with Crippen LogP contribution in [0.3, 0.4) is 0 Å². The molecule has 1 aliphatic rings. The van der Waals surface area contributed by atoms with Gasteiger partial charge in [-0.15, -0.1) is 11.3 Å². The van der Waals surface area contributed by atoms with Crippen LogP contribution in [0, 0.1) is 0 Å². The van der Waals surface area contributed by atoms with Crippen molar-refractivity contribution in [1.82, 2.24) is 8.61 Å². The fourth-order valence-electron chi connectivity index (χ4n) is 3.32. The standard InChI is InChI=1S/C20H27N3O6S3/c1-3-22(4-2)31(25,26)18-7-5-6-16(14-18)21-19(24)15-17-8-9-20(30-17)32(27,28)23-10-12-29-13-11-23/h5-9,14H,3-4,10-13,15H2,1-2H3,(H,21,24). The Hall–Kier alpha value is -1.83. The van der Waals surface area contributed by atoms with Crippen molar-refractivity contribution < 1.29 is 26.4 Å². The first-order chi connectivity index (χ1) is 15.2. The largest absolute Gasteiger partial charge is 0.379 e. The van der Waals surface area contributed by atoms with Crippen LogP contribution in [-0.2, 0) is 36.0 Å². The minimum atomic E-state index is -3.64. The van der Waals surface area contributed by atoms with E-state index in [1.807, 2.05) is 0 Å². The second-order valence-electron chi connectivity index (χ2n) is 7.08. The second kappa shape index (κ2) is 10.4. The smallest absolute Gasteiger partial charge is 0.252 e. The molecule has 1 fully saturated rings. The van der Waals surface area contributed by atoms with Crippen molar-refractivity contribution >= 4 is 43.0 Å². The summed E-state index contributed by atoms with van der Waals surface area (Å²) in [5.41, 5.74) is 0.362. The molecule has 0 atom stereocenters. The van der Waals surface area contributed by atoms with Crippen molar-refractivity contribution in [3.05, 3.63) is 41.3 Å². The number of thiophene rings is 1. The van der Waals surface area contributed by atoms with Gasteiger partial charge in [-0.05, 0) is 30.3 Å². The highest BCUT2D eigenvalue weighted by molar-refractivity contribution is 7.91. The Balaban J connectivity index is 1.68. The number of anilines is 1. The van der Waals surface area contributed by atoms with Gasteiger partial charge >= 0.3 is 0 Å². The third-order valence-electron chi connectivity index (χ3n) is 5.00. The van der Waals surface area contributed by atoms with E-state index in [0.717, 1.165) is 11.3 Å². The van der Waals surface area contributed by atoms with Crippen LogP contribution in [0.2, 0.25) is 0 Å². The fourth-order valence-corrected chi connectivity index (χ4v) is 7.74. The highest BCUT2D eigenvalue weighted by Crippen LogP contribution is 2.26. The summed E-state index contributed by atoms with van der Waals surface area (Å²) >= 11 is 1.06. The second-order valence-corrected chi connectivity index (χ2v) is 12.4. The van der Waals surface area contributed by atoms with Gasteiger partial charge in [-0.1, -0.05) is 19.9 Å². The van der Waals surface area contributed by atoms with Crippen LogP contribution in [0.15, 0.2) is 45.5 Å². The normalized spacial score (nSPS) is 15.7. The summed E-state index contributed by atoms with van der Waals surface area (Å²) in [5.74, 6) is -0.362. The number of ether oxygens (including phenoxy) is 1. The quantitative estimate of drug-likeness (QED) is 0.562. The topological polar surface area (TPSA) is 113 Å². The van der Waals surface area contributed by atoms with E-state index in [2.05, 4.69) is 5.32 Å². The molecule has 2 heterocycles. The fraction of sp³-hybridized carbons (Fsp3) is 0.450. The maximum absolute atomic E-state index is 12.7. The Morgan fingerprint density at radius 3 is 2.44 bits per heavy atom. The molecule has 0 aliphatic carbocycles. The lowest BCUT2D eigenvalue weighted by Gasteiger charge is -2.25. The lowest BCUT2D eigenvalue weighted by molar-refractivity contribution is -0.115. The van der Waals surface area contributed by atoms with E-state index in [4.69, 9.17) is 4.74 Å². The van der Waals surface area contributed by atoms with Crippen LogP contribution < -0.4 is 5.32 Å². The molecule has 1 aromatic heterocycles. The van der Waals surface area contributed by atoms with Crippen molar-refractivity contribution in [2.24, 2.45) is 0 Å². The van der Waals surface area contributed by atoms with Crippen molar-refractivity contribution in [1.29, 1.82) is 0 Å². The number of amides is 1. The molecule has 0 bridgehead atoms. The first-order valence-corrected chi connectivity index (χ1v) is 13.9. The Kier molecular flexibility index (Phi) is 8.06. The zero-order chi connectivity index (χ0) is 23.4. The number of nitrogens with zero attached hydrogens (tertiary/aromatic N) is 2. The van der Waals surface area contributed by atoms with Gasteiger partial charge in [-0.2, -0.15) is 8.61 Å². The van der Waals surface area contributed by atoms with Gasteiger partial charge in [-0.25, -0.2) is 16.8 Å². The highest BCUT2D eigenvalue weighted by atomic mass is 32.2. The van der Waals surface area contributed by atoms with Crippen LogP contribution in [0.25, 0.3) is 0 Å². The number of hydrogen-bond donors (Lipinski definition) is 1. The van der Waals surface area contributed by atoms with E-state index in [9.17, 15) is 21.6 Å². The van der Waals surface area contributed by atoms with E-state index >= 15 is 0 Å². The third kappa shape index (κ3) is 5.56. The van der Waals surface area contributed by atoms with E-state index in [1.54, 1.807) is 32.0 Å². The molecule has 3 rings (SSSR count). The molecule has 0 spiro atoms. The molecule has 0 saturated carbocycles. The summed E-state index contributed by atoms with van der Waals surface area (Å²) in [4.78, 5) is 13.2. The van der Waals surface area contributed by atoms with E-state index in [1.165, 1.54) is 26.8 Å². The van der Waals surface area contributed by atoms with Gasteiger partial charge in [0, 0.05) is 36.7 Å².